The zero-order chi connectivity index (χ0) is 26.0. The molecule has 0 aromatic heterocycles. The molecule has 37 heavy (non-hydrogen) atoms. The molecule has 4 aromatic carbocycles. The predicted octanol–water partition coefficient (Wildman–Crippen LogP) is 6.66. The largest absolute Gasteiger partial charge is 0.507 e. The molecule has 4 aromatic rings. The van der Waals surface area contributed by atoms with Crippen molar-refractivity contribution in [1.29, 1.82) is 0 Å². The van der Waals surface area contributed by atoms with Crippen molar-refractivity contribution in [2.45, 2.75) is 19.0 Å². The summed E-state index contributed by atoms with van der Waals surface area (Å²) in [5.74, 6) is -0.562. The Balaban J connectivity index is 1.59. The Labute approximate surface area is 224 Å². The molecule has 0 aliphatic rings. The van der Waals surface area contributed by atoms with Crippen LogP contribution in [0.15, 0.2) is 113 Å². The Kier molecular flexibility index (Phi) is 9.05. The van der Waals surface area contributed by atoms with Crippen molar-refractivity contribution in [1.82, 2.24) is 4.90 Å². The lowest BCUT2D eigenvalue weighted by atomic mass is 9.96. The van der Waals surface area contributed by atoms with Crippen LogP contribution in [-0.4, -0.2) is 28.7 Å². The molecular weight excluding hydrogens is 535 g/mol. The first kappa shape index (κ1) is 26.1. The molecule has 0 aliphatic heterocycles. The number of carbonyl (C=O) groups excluding carboxylic acids is 1. The molecule has 4 rings (SSSR count). The highest BCUT2D eigenvalue weighted by Crippen LogP contribution is 2.28. The van der Waals surface area contributed by atoms with Gasteiger partial charge in [0.25, 0.3) is 5.91 Å². The average Bonchev–Trinajstić information content (AvgIpc) is 2.92. The van der Waals surface area contributed by atoms with Gasteiger partial charge in [-0.05, 0) is 53.4 Å². The van der Waals surface area contributed by atoms with Gasteiger partial charge in [-0.3, -0.25) is 4.79 Å². The van der Waals surface area contributed by atoms with Gasteiger partial charge in [0.05, 0.1) is 12.3 Å². The van der Waals surface area contributed by atoms with E-state index in [2.05, 4.69) is 21.1 Å². The lowest BCUT2D eigenvalue weighted by molar-refractivity contribution is -0.139. The highest BCUT2D eigenvalue weighted by Gasteiger charge is 2.26. The van der Waals surface area contributed by atoms with E-state index >= 15 is 0 Å². The number of oxime groups is 1. The maximum atomic E-state index is 13.7. The lowest BCUT2D eigenvalue weighted by Crippen LogP contribution is -2.37. The van der Waals surface area contributed by atoms with Crippen LogP contribution in [0.4, 0.5) is 4.39 Å². The van der Waals surface area contributed by atoms with Crippen LogP contribution < -0.4 is 0 Å². The zero-order valence-electron chi connectivity index (χ0n) is 20.0. The van der Waals surface area contributed by atoms with Crippen LogP contribution in [0.5, 0.6) is 5.75 Å². The molecule has 5 nitrogen and oxygen atoms in total. The number of hydrogen-bond donors (Lipinski definition) is 1. The van der Waals surface area contributed by atoms with Gasteiger partial charge >= 0.3 is 0 Å². The third-order valence-corrected chi connectivity index (χ3v) is 6.36. The van der Waals surface area contributed by atoms with Gasteiger partial charge in [0.15, 0.2) is 6.61 Å². The normalized spacial score (nSPS) is 11.8. The summed E-state index contributed by atoms with van der Waals surface area (Å²) >= 11 is 3.35. The van der Waals surface area contributed by atoms with E-state index in [1.165, 1.54) is 24.4 Å². The third kappa shape index (κ3) is 7.51. The molecular formula is C30H26BrFN2O3. The minimum absolute atomic E-state index is 0.0480. The van der Waals surface area contributed by atoms with Gasteiger partial charge in [-0.15, -0.1) is 0 Å². The second kappa shape index (κ2) is 12.8. The Bertz CT molecular complexity index is 1330. The van der Waals surface area contributed by atoms with E-state index < -0.39 is 0 Å². The minimum Gasteiger partial charge on any atom is -0.507 e. The van der Waals surface area contributed by atoms with Crippen LogP contribution in [0.1, 0.15) is 28.3 Å². The number of aromatic hydroxyl groups is 1. The summed E-state index contributed by atoms with van der Waals surface area (Å²) in [5.41, 5.74) is 3.28. The first-order valence-corrected chi connectivity index (χ1v) is 12.6. The molecule has 1 atom stereocenters. The molecule has 0 unspecified atom stereocenters. The first-order chi connectivity index (χ1) is 18.0. The maximum Gasteiger partial charge on any atom is 0.264 e. The molecule has 0 fully saturated rings. The minimum atomic E-state index is -0.364. The smallest absolute Gasteiger partial charge is 0.264 e. The summed E-state index contributed by atoms with van der Waals surface area (Å²) in [6.45, 7) is 0.0403. The number of nitrogens with zero attached hydrogens (tertiary/aromatic N) is 2. The van der Waals surface area contributed by atoms with Crippen molar-refractivity contribution < 1.29 is 19.1 Å². The van der Waals surface area contributed by atoms with Crippen molar-refractivity contribution in [3.63, 3.8) is 0 Å². The number of phenols is 1. The van der Waals surface area contributed by atoms with Crippen LogP contribution in [-0.2, 0) is 22.6 Å². The molecule has 188 valence electrons. The van der Waals surface area contributed by atoms with E-state index in [-0.39, 0.29) is 30.1 Å². The summed E-state index contributed by atoms with van der Waals surface area (Å²) in [6, 6.07) is 30.4. The summed E-state index contributed by atoms with van der Waals surface area (Å²) in [4.78, 5) is 20.6. The Morgan fingerprint density at radius 2 is 1.59 bits per heavy atom. The zero-order valence-corrected chi connectivity index (χ0v) is 21.6. The van der Waals surface area contributed by atoms with Crippen molar-refractivity contribution in [3.05, 3.63) is 136 Å². The number of halogens is 2. The van der Waals surface area contributed by atoms with Crippen LogP contribution in [0.3, 0.4) is 0 Å². The topological polar surface area (TPSA) is 62.1 Å². The van der Waals surface area contributed by atoms with Gasteiger partial charge in [0, 0.05) is 16.6 Å². The third-order valence-electron chi connectivity index (χ3n) is 5.86. The van der Waals surface area contributed by atoms with Crippen molar-refractivity contribution >= 4 is 28.1 Å². The van der Waals surface area contributed by atoms with Gasteiger partial charge in [-0.1, -0.05) is 93.9 Å². The fraction of sp³-hybridized carbons (Fsp3) is 0.133. The number of rotatable bonds is 10. The van der Waals surface area contributed by atoms with Crippen molar-refractivity contribution in [2.24, 2.45) is 5.16 Å². The predicted molar refractivity (Wildman–Crippen MR) is 146 cm³/mol. The summed E-state index contributed by atoms with van der Waals surface area (Å²) < 4.78 is 14.5. The molecule has 0 saturated heterocycles. The number of amides is 1. The van der Waals surface area contributed by atoms with Crippen molar-refractivity contribution in [2.75, 3.05) is 6.61 Å². The molecule has 0 aliphatic carbocycles. The highest BCUT2D eigenvalue weighted by molar-refractivity contribution is 9.10. The number of benzene rings is 4. The molecule has 7 heteroatoms. The van der Waals surface area contributed by atoms with Gasteiger partial charge in [-0.25, -0.2) is 4.39 Å². The van der Waals surface area contributed by atoms with E-state index in [0.717, 1.165) is 21.2 Å². The quantitative estimate of drug-likeness (QED) is 0.174. The average molecular weight is 561 g/mol. The van der Waals surface area contributed by atoms with Crippen LogP contribution in [0, 0.1) is 5.82 Å². The van der Waals surface area contributed by atoms with Gasteiger partial charge in [-0.2, -0.15) is 0 Å². The van der Waals surface area contributed by atoms with E-state index in [4.69, 9.17) is 4.84 Å². The molecule has 0 spiro atoms. The monoisotopic (exact) mass is 560 g/mol. The van der Waals surface area contributed by atoms with E-state index in [1.54, 1.807) is 29.2 Å². The SMILES string of the molecule is O=C(CO/N=C/c1cc(Br)ccc1O)N(Cc1ccccc1)[C@@H](Cc1ccccc1)c1ccc(F)cc1. The van der Waals surface area contributed by atoms with Crippen molar-refractivity contribution in [3.8, 4) is 5.75 Å². The first-order valence-electron chi connectivity index (χ1n) is 11.8. The molecule has 0 saturated carbocycles. The van der Waals surface area contributed by atoms with E-state index in [0.29, 0.717) is 18.5 Å². The standard InChI is InChI=1S/C30H26BrFN2O3/c31-26-13-16-29(35)25(18-26)19-33-37-21-30(36)34(20-23-9-5-2-6-10-23)28(17-22-7-3-1-4-8-22)24-11-14-27(32)15-12-24/h1-16,18-19,28,35H,17,20-21H2/b33-19+/t28-/m0/s1. The summed E-state index contributed by atoms with van der Waals surface area (Å²) in [6.07, 6.45) is 1.90. The van der Waals surface area contributed by atoms with Gasteiger partial charge in [0.2, 0.25) is 0 Å². The molecule has 0 bridgehead atoms. The van der Waals surface area contributed by atoms with Crippen LogP contribution in [0.25, 0.3) is 0 Å². The Hall–Kier alpha value is -3.97. The number of phenolic OH excluding ortho intramolecular Hbond substituents is 1. The maximum absolute atomic E-state index is 13.7. The molecule has 1 N–H and O–H groups in total. The molecule has 1 amide bonds. The highest BCUT2D eigenvalue weighted by atomic mass is 79.9. The fourth-order valence-corrected chi connectivity index (χ4v) is 4.36. The van der Waals surface area contributed by atoms with E-state index in [1.807, 2.05) is 60.7 Å². The lowest BCUT2D eigenvalue weighted by Gasteiger charge is -2.32. The van der Waals surface area contributed by atoms with Gasteiger partial charge in [0.1, 0.15) is 11.6 Å². The van der Waals surface area contributed by atoms with E-state index in [9.17, 15) is 14.3 Å². The Morgan fingerprint density at radius 3 is 2.27 bits per heavy atom. The van der Waals surface area contributed by atoms with Crippen LogP contribution >= 0.6 is 15.9 Å². The second-order valence-electron chi connectivity index (χ2n) is 8.48. The van der Waals surface area contributed by atoms with Crippen LogP contribution in [0.2, 0.25) is 0 Å². The number of hydrogen-bond acceptors (Lipinski definition) is 4. The summed E-state index contributed by atoms with van der Waals surface area (Å²) in [7, 11) is 0. The molecule has 0 heterocycles. The molecule has 0 radical (unpaired) electrons. The second-order valence-corrected chi connectivity index (χ2v) is 9.39. The fourth-order valence-electron chi connectivity index (χ4n) is 3.98. The van der Waals surface area contributed by atoms with Gasteiger partial charge < -0.3 is 14.8 Å². The number of carbonyl (C=O) groups is 1. The Morgan fingerprint density at radius 1 is 0.946 bits per heavy atom. The summed E-state index contributed by atoms with van der Waals surface area (Å²) in [5, 5.41) is 13.9.